The van der Waals surface area contributed by atoms with Crippen LogP contribution in [0, 0.1) is 11.8 Å². The maximum absolute atomic E-state index is 12.2. The summed E-state index contributed by atoms with van der Waals surface area (Å²) >= 11 is 0. The molecule has 1 saturated heterocycles. The highest BCUT2D eigenvalue weighted by Crippen LogP contribution is 2.16. The van der Waals surface area contributed by atoms with E-state index in [9.17, 15) is 4.79 Å². The van der Waals surface area contributed by atoms with Gasteiger partial charge in [-0.1, -0.05) is 13.8 Å². The number of hydrogen-bond acceptors (Lipinski definition) is 3. The summed E-state index contributed by atoms with van der Waals surface area (Å²) in [6.45, 7) is 9.90. The summed E-state index contributed by atoms with van der Waals surface area (Å²) < 4.78 is 0. The predicted octanol–water partition coefficient (Wildman–Crippen LogP) is 0.770. The van der Waals surface area contributed by atoms with Gasteiger partial charge in [0.2, 0.25) is 5.91 Å². The van der Waals surface area contributed by atoms with Crippen LogP contribution in [-0.2, 0) is 4.79 Å². The second-order valence-corrected chi connectivity index (χ2v) is 5.56. The summed E-state index contributed by atoms with van der Waals surface area (Å²) in [5.41, 5.74) is 5.94. The number of amides is 1. The fourth-order valence-electron chi connectivity index (χ4n) is 2.36. The molecule has 1 fully saturated rings. The van der Waals surface area contributed by atoms with Crippen molar-refractivity contribution in [3.05, 3.63) is 0 Å². The zero-order valence-corrected chi connectivity index (χ0v) is 11.6. The van der Waals surface area contributed by atoms with Crippen LogP contribution in [0.4, 0.5) is 0 Å². The molecule has 1 unspecified atom stereocenters. The molecule has 4 heteroatoms. The first-order valence-corrected chi connectivity index (χ1v) is 6.68. The molecule has 0 bridgehead atoms. The van der Waals surface area contributed by atoms with E-state index < -0.39 is 0 Å². The van der Waals surface area contributed by atoms with Crippen molar-refractivity contribution in [2.45, 2.75) is 33.2 Å². The van der Waals surface area contributed by atoms with Crippen LogP contribution in [0.3, 0.4) is 0 Å². The highest BCUT2D eigenvalue weighted by atomic mass is 16.2. The minimum Gasteiger partial charge on any atom is -0.341 e. The molecule has 1 aliphatic rings. The molecular weight excluding hydrogens is 214 g/mol. The lowest BCUT2D eigenvalue weighted by molar-refractivity contribution is -0.134. The molecule has 1 rings (SSSR count). The van der Waals surface area contributed by atoms with E-state index >= 15 is 0 Å². The molecule has 0 saturated carbocycles. The average molecular weight is 241 g/mol. The van der Waals surface area contributed by atoms with Crippen molar-refractivity contribution < 1.29 is 4.79 Å². The highest BCUT2D eigenvalue weighted by Gasteiger charge is 2.27. The summed E-state index contributed by atoms with van der Waals surface area (Å²) in [6.07, 6.45) is 1.19. The Balaban J connectivity index is 2.50. The van der Waals surface area contributed by atoms with Gasteiger partial charge in [-0.15, -0.1) is 0 Å². The quantitative estimate of drug-likeness (QED) is 0.773. The lowest BCUT2D eigenvalue weighted by Crippen LogP contribution is -2.48. The smallest absolute Gasteiger partial charge is 0.239 e. The third kappa shape index (κ3) is 3.96. The van der Waals surface area contributed by atoms with Crippen LogP contribution in [0.5, 0.6) is 0 Å². The molecule has 17 heavy (non-hydrogen) atoms. The van der Waals surface area contributed by atoms with Crippen molar-refractivity contribution in [1.29, 1.82) is 0 Å². The Kier molecular flexibility index (Phi) is 5.40. The van der Waals surface area contributed by atoms with Gasteiger partial charge in [0.1, 0.15) is 0 Å². The Bertz CT molecular complexity index is 255. The Morgan fingerprint density at radius 3 is 2.59 bits per heavy atom. The van der Waals surface area contributed by atoms with Crippen molar-refractivity contribution in [3.8, 4) is 0 Å². The third-order valence-electron chi connectivity index (χ3n) is 3.66. The minimum absolute atomic E-state index is 0.108. The molecule has 0 aromatic carbocycles. The van der Waals surface area contributed by atoms with Gasteiger partial charge in [-0.05, 0) is 38.8 Å². The van der Waals surface area contributed by atoms with E-state index in [1.54, 1.807) is 0 Å². The SMILES string of the molecule is CCN(CC1CCN(C)C1)C(=O)[C@@H](N)C(C)C. The third-order valence-corrected chi connectivity index (χ3v) is 3.66. The first-order valence-electron chi connectivity index (χ1n) is 6.68. The number of nitrogens with two attached hydrogens (primary N) is 1. The Labute approximate surface area is 105 Å². The Morgan fingerprint density at radius 2 is 2.18 bits per heavy atom. The largest absolute Gasteiger partial charge is 0.341 e. The first kappa shape index (κ1) is 14.5. The standard InChI is InChI=1S/C13H27N3O/c1-5-16(13(17)12(14)10(2)3)9-11-6-7-15(4)8-11/h10-12H,5-9,14H2,1-4H3/t11?,12-/m0/s1. The van der Waals surface area contributed by atoms with Gasteiger partial charge in [-0.3, -0.25) is 4.79 Å². The van der Waals surface area contributed by atoms with Crippen molar-refractivity contribution >= 4 is 5.91 Å². The Morgan fingerprint density at radius 1 is 1.53 bits per heavy atom. The highest BCUT2D eigenvalue weighted by molar-refractivity contribution is 5.81. The van der Waals surface area contributed by atoms with Gasteiger partial charge in [0.05, 0.1) is 6.04 Å². The van der Waals surface area contributed by atoms with E-state index in [0.29, 0.717) is 5.92 Å². The lowest BCUT2D eigenvalue weighted by atomic mass is 10.0. The maximum atomic E-state index is 12.2. The number of likely N-dealkylation sites (tertiary alicyclic amines) is 1. The number of rotatable bonds is 5. The normalized spacial score (nSPS) is 23.1. The summed E-state index contributed by atoms with van der Waals surface area (Å²) in [6, 6.07) is -0.353. The number of nitrogens with zero attached hydrogens (tertiary/aromatic N) is 2. The van der Waals surface area contributed by atoms with Gasteiger partial charge in [0.25, 0.3) is 0 Å². The molecule has 1 amide bonds. The second kappa shape index (κ2) is 6.36. The van der Waals surface area contributed by atoms with Crippen molar-refractivity contribution in [2.24, 2.45) is 17.6 Å². The Hall–Kier alpha value is -0.610. The summed E-state index contributed by atoms with van der Waals surface area (Å²) in [5.74, 6) is 0.933. The summed E-state index contributed by atoms with van der Waals surface area (Å²) in [4.78, 5) is 16.4. The molecule has 1 aliphatic heterocycles. The van der Waals surface area contributed by atoms with Gasteiger partial charge in [-0.25, -0.2) is 0 Å². The molecule has 100 valence electrons. The van der Waals surface area contributed by atoms with Gasteiger partial charge in [-0.2, -0.15) is 0 Å². The van der Waals surface area contributed by atoms with E-state index in [-0.39, 0.29) is 17.9 Å². The average Bonchev–Trinajstić information content (AvgIpc) is 2.69. The topological polar surface area (TPSA) is 49.6 Å². The molecule has 0 aliphatic carbocycles. The van der Waals surface area contributed by atoms with Crippen molar-refractivity contribution in [2.75, 3.05) is 33.2 Å². The molecule has 0 aromatic rings. The van der Waals surface area contributed by atoms with Crippen molar-refractivity contribution in [3.63, 3.8) is 0 Å². The molecule has 1 heterocycles. The molecule has 0 radical (unpaired) electrons. The first-order chi connectivity index (χ1) is 7.95. The molecular formula is C13H27N3O. The van der Waals surface area contributed by atoms with Crippen LogP contribution >= 0.6 is 0 Å². The molecule has 0 spiro atoms. The van der Waals surface area contributed by atoms with Gasteiger partial charge >= 0.3 is 0 Å². The van der Waals surface area contributed by atoms with E-state index in [4.69, 9.17) is 5.73 Å². The summed E-state index contributed by atoms with van der Waals surface area (Å²) in [5, 5.41) is 0. The van der Waals surface area contributed by atoms with Crippen molar-refractivity contribution in [1.82, 2.24) is 9.80 Å². The number of carbonyl (C=O) groups excluding carboxylic acids is 1. The van der Waals surface area contributed by atoms with Gasteiger partial charge in [0, 0.05) is 19.6 Å². The van der Waals surface area contributed by atoms with E-state index in [0.717, 1.165) is 26.2 Å². The van der Waals surface area contributed by atoms with Crippen LogP contribution in [0.1, 0.15) is 27.2 Å². The van der Waals surface area contributed by atoms with Crippen LogP contribution < -0.4 is 5.73 Å². The van der Waals surface area contributed by atoms with Gasteiger partial charge in [0.15, 0.2) is 0 Å². The van der Waals surface area contributed by atoms with E-state index in [2.05, 4.69) is 11.9 Å². The van der Waals surface area contributed by atoms with Crippen LogP contribution in [0.15, 0.2) is 0 Å². The van der Waals surface area contributed by atoms with Gasteiger partial charge < -0.3 is 15.5 Å². The lowest BCUT2D eigenvalue weighted by Gasteiger charge is -2.28. The fourth-order valence-corrected chi connectivity index (χ4v) is 2.36. The number of carbonyl (C=O) groups is 1. The second-order valence-electron chi connectivity index (χ2n) is 5.56. The molecule has 2 N–H and O–H groups in total. The molecule has 2 atom stereocenters. The predicted molar refractivity (Wildman–Crippen MR) is 70.7 cm³/mol. The number of likely N-dealkylation sites (N-methyl/N-ethyl adjacent to an activating group) is 1. The zero-order chi connectivity index (χ0) is 13.0. The van der Waals surface area contributed by atoms with Crippen LogP contribution in [-0.4, -0.2) is 55.0 Å². The van der Waals surface area contributed by atoms with Crippen LogP contribution in [0.2, 0.25) is 0 Å². The summed E-state index contributed by atoms with van der Waals surface area (Å²) in [7, 11) is 2.14. The molecule has 4 nitrogen and oxygen atoms in total. The van der Waals surface area contributed by atoms with Crippen LogP contribution in [0.25, 0.3) is 0 Å². The fraction of sp³-hybridized carbons (Fsp3) is 0.923. The van der Waals surface area contributed by atoms with E-state index in [1.807, 2.05) is 25.7 Å². The maximum Gasteiger partial charge on any atom is 0.239 e. The number of hydrogen-bond donors (Lipinski definition) is 1. The monoisotopic (exact) mass is 241 g/mol. The minimum atomic E-state index is -0.353. The van der Waals surface area contributed by atoms with E-state index in [1.165, 1.54) is 6.42 Å². The molecule has 0 aromatic heterocycles. The zero-order valence-electron chi connectivity index (χ0n) is 11.6.